The number of nitrogens with zero attached hydrogens (tertiary/aromatic N) is 3. The number of halogens is 1. The van der Waals surface area contributed by atoms with Crippen LogP contribution in [0.4, 0.5) is 4.39 Å². The van der Waals surface area contributed by atoms with Crippen molar-refractivity contribution in [1.29, 1.82) is 0 Å². The van der Waals surface area contributed by atoms with Crippen molar-refractivity contribution >= 4 is 11.0 Å². The van der Waals surface area contributed by atoms with E-state index in [9.17, 15) is 4.39 Å². The largest absolute Gasteiger partial charge is 0.321 e. The molecule has 20 heavy (non-hydrogen) atoms. The lowest BCUT2D eigenvalue weighted by molar-refractivity contribution is 0.628. The molecular formula is C16H14FN3. The summed E-state index contributed by atoms with van der Waals surface area (Å²) in [5.41, 5.74) is 3.89. The third kappa shape index (κ3) is 1.72. The second-order valence-electron chi connectivity index (χ2n) is 5.36. The van der Waals surface area contributed by atoms with Gasteiger partial charge in [0.2, 0.25) is 0 Å². The summed E-state index contributed by atoms with van der Waals surface area (Å²) < 4.78 is 15.7. The summed E-state index contributed by atoms with van der Waals surface area (Å²) in [5.74, 6) is 0.687. The van der Waals surface area contributed by atoms with E-state index in [1.54, 1.807) is 18.3 Å². The van der Waals surface area contributed by atoms with Crippen LogP contribution in [0.2, 0.25) is 0 Å². The molecule has 2 heterocycles. The summed E-state index contributed by atoms with van der Waals surface area (Å²) in [6.45, 7) is 2.05. The standard InChI is InChI=1S/C16H14FN3/c1-10-6-7-18-9-13(10)16-19-14-5-2-11(17)8-15(14)20(16)12-3-4-12/h2,5-9,12H,3-4H2,1H3. The minimum atomic E-state index is -0.214. The van der Waals surface area contributed by atoms with E-state index in [0.717, 1.165) is 40.8 Å². The number of aromatic nitrogens is 3. The van der Waals surface area contributed by atoms with Gasteiger partial charge in [-0.15, -0.1) is 0 Å². The first-order chi connectivity index (χ1) is 9.74. The quantitative estimate of drug-likeness (QED) is 0.705. The SMILES string of the molecule is Cc1ccncc1-c1nc2ccc(F)cc2n1C1CC1. The zero-order valence-electron chi connectivity index (χ0n) is 11.2. The third-order valence-electron chi connectivity index (χ3n) is 3.84. The first kappa shape index (κ1) is 11.6. The lowest BCUT2D eigenvalue weighted by Gasteiger charge is -2.09. The molecule has 0 N–H and O–H groups in total. The fourth-order valence-electron chi connectivity index (χ4n) is 2.66. The van der Waals surface area contributed by atoms with Crippen LogP contribution in [0, 0.1) is 12.7 Å². The highest BCUT2D eigenvalue weighted by Crippen LogP contribution is 2.41. The van der Waals surface area contributed by atoms with Crippen LogP contribution in [0.3, 0.4) is 0 Å². The van der Waals surface area contributed by atoms with Gasteiger partial charge in [-0.1, -0.05) is 0 Å². The first-order valence-corrected chi connectivity index (χ1v) is 6.82. The highest BCUT2D eigenvalue weighted by atomic mass is 19.1. The van der Waals surface area contributed by atoms with Gasteiger partial charge in [-0.25, -0.2) is 9.37 Å². The van der Waals surface area contributed by atoms with Gasteiger partial charge in [0.1, 0.15) is 11.6 Å². The van der Waals surface area contributed by atoms with Gasteiger partial charge >= 0.3 is 0 Å². The number of hydrogen-bond donors (Lipinski definition) is 0. The van der Waals surface area contributed by atoms with Gasteiger partial charge in [-0.2, -0.15) is 0 Å². The van der Waals surface area contributed by atoms with Crippen LogP contribution in [0.5, 0.6) is 0 Å². The van der Waals surface area contributed by atoms with Crippen LogP contribution in [0.25, 0.3) is 22.4 Å². The van der Waals surface area contributed by atoms with Gasteiger partial charge in [0.25, 0.3) is 0 Å². The minimum Gasteiger partial charge on any atom is -0.321 e. The topological polar surface area (TPSA) is 30.7 Å². The Hall–Kier alpha value is -2.23. The van der Waals surface area contributed by atoms with E-state index in [0.29, 0.717) is 6.04 Å². The molecule has 0 radical (unpaired) electrons. The van der Waals surface area contributed by atoms with Crippen LogP contribution in [0.15, 0.2) is 36.7 Å². The van der Waals surface area contributed by atoms with Crippen molar-refractivity contribution in [2.75, 3.05) is 0 Å². The molecule has 1 aliphatic rings. The summed E-state index contributed by atoms with van der Waals surface area (Å²) in [6.07, 6.45) is 5.89. The number of rotatable bonds is 2. The van der Waals surface area contributed by atoms with Gasteiger partial charge in [0.15, 0.2) is 0 Å². The highest BCUT2D eigenvalue weighted by molar-refractivity contribution is 5.81. The van der Waals surface area contributed by atoms with E-state index in [1.807, 2.05) is 19.2 Å². The molecule has 0 atom stereocenters. The van der Waals surface area contributed by atoms with E-state index in [-0.39, 0.29) is 5.82 Å². The number of hydrogen-bond acceptors (Lipinski definition) is 2. The van der Waals surface area contributed by atoms with Crippen molar-refractivity contribution in [3.8, 4) is 11.4 Å². The molecule has 0 bridgehead atoms. The van der Waals surface area contributed by atoms with Gasteiger partial charge < -0.3 is 4.57 Å². The Kier molecular flexibility index (Phi) is 2.39. The average molecular weight is 267 g/mol. The Morgan fingerprint density at radius 1 is 1.25 bits per heavy atom. The van der Waals surface area contributed by atoms with Gasteiger partial charge in [0.05, 0.1) is 11.0 Å². The fraction of sp³-hybridized carbons (Fsp3) is 0.250. The molecule has 4 rings (SSSR count). The molecule has 100 valence electrons. The van der Waals surface area contributed by atoms with E-state index < -0.39 is 0 Å². The molecule has 3 nitrogen and oxygen atoms in total. The molecule has 0 amide bonds. The Morgan fingerprint density at radius 3 is 2.85 bits per heavy atom. The number of imidazole rings is 1. The van der Waals surface area contributed by atoms with Crippen molar-refractivity contribution in [2.45, 2.75) is 25.8 Å². The van der Waals surface area contributed by atoms with E-state index in [4.69, 9.17) is 4.98 Å². The molecule has 3 aromatic rings. The van der Waals surface area contributed by atoms with E-state index in [1.165, 1.54) is 6.07 Å². The maximum atomic E-state index is 13.5. The predicted molar refractivity (Wildman–Crippen MR) is 75.9 cm³/mol. The second-order valence-corrected chi connectivity index (χ2v) is 5.36. The highest BCUT2D eigenvalue weighted by Gasteiger charge is 2.29. The molecule has 2 aromatic heterocycles. The number of pyridine rings is 1. The Labute approximate surface area is 116 Å². The lowest BCUT2D eigenvalue weighted by atomic mass is 10.1. The maximum Gasteiger partial charge on any atom is 0.143 e. The van der Waals surface area contributed by atoms with Crippen LogP contribution < -0.4 is 0 Å². The normalized spacial score (nSPS) is 14.9. The molecule has 0 aliphatic heterocycles. The van der Waals surface area contributed by atoms with Crippen LogP contribution in [-0.2, 0) is 0 Å². The Morgan fingerprint density at radius 2 is 2.10 bits per heavy atom. The summed E-state index contributed by atoms with van der Waals surface area (Å²) in [4.78, 5) is 8.91. The molecule has 1 fully saturated rings. The molecule has 1 aromatic carbocycles. The molecule has 0 unspecified atom stereocenters. The Bertz CT molecular complexity index is 803. The van der Waals surface area contributed by atoms with Crippen molar-refractivity contribution < 1.29 is 4.39 Å². The maximum absolute atomic E-state index is 13.5. The molecule has 4 heteroatoms. The molecule has 0 saturated heterocycles. The van der Waals surface area contributed by atoms with Crippen molar-refractivity contribution in [2.24, 2.45) is 0 Å². The van der Waals surface area contributed by atoms with E-state index >= 15 is 0 Å². The van der Waals surface area contributed by atoms with Crippen LogP contribution in [-0.4, -0.2) is 14.5 Å². The molecule has 0 spiro atoms. The monoisotopic (exact) mass is 267 g/mol. The summed E-state index contributed by atoms with van der Waals surface area (Å²) in [6, 6.07) is 7.21. The average Bonchev–Trinajstić information content (AvgIpc) is 3.20. The predicted octanol–water partition coefficient (Wildman–Crippen LogP) is 3.88. The molecule has 1 aliphatic carbocycles. The first-order valence-electron chi connectivity index (χ1n) is 6.82. The van der Waals surface area contributed by atoms with Crippen molar-refractivity contribution in [3.05, 3.63) is 48.0 Å². The number of aryl methyl sites for hydroxylation is 1. The summed E-state index contributed by atoms with van der Waals surface area (Å²) in [7, 11) is 0. The van der Waals surface area contributed by atoms with Gasteiger partial charge in [-0.3, -0.25) is 4.98 Å². The summed E-state index contributed by atoms with van der Waals surface area (Å²) >= 11 is 0. The second kappa shape index (κ2) is 4.13. The zero-order valence-corrected chi connectivity index (χ0v) is 11.2. The number of fused-ring (bicyclic) bond motifs is 1. The number of benzene rings is 1. The van der Waals surface area contributed by atoms with Gasteiger partial charge in [-0.05, 0) is 49.6 Å². The van der Waals surface area contributed by atoms with Crippen molar-refractivity contribution in [1.82, 2.24) is 14.5 Å². The zero-order chi connectivity index (χ0) is 13.7. The van der Waals surface area contributed by atoms with Crippen LogP contribution >= 0.6 is 0 Å². The minimum absolute atomic E-state index is 0.214. The Balaban J connectivity index is 2.04. The molecule has 1 saturated carbocycles. The van der Waals surface area contributed by atoms with Crippen molar-refractivity contribution in [3.63, 3.8) is 0 Å². The smallest absolute Gasteiger partial charge is 0.143 e. The van der Waals surface area contributed by atoms with Gasteiger partial charge in [0, 0.05) is 24.0 Å². The summed E-state index contributed by atoms with van der Waals surface area (Å²) in [5, 5.41) is 0. The lowest BCUT2D eigenvalue weighted by Crippen LogP contribution is -1.99. The van der Waals surface area contributed by atoms with E-state index in [2.05, 4.69) is 9.55 Å². The van der Waals surface area contributed by atoms with Crippen LogP contribution in [0.1, 0.15) is 24.4 Å². The third-order valence-corrected chi connectivity index (χ3v) is 3.84. The fourth-order valence-corrected chi connectivity index (χ4v) is 2.66. The molecular weight excluding hydrogens is 253 g/mol.